The molecule has 0 unspecified atom stereocenters. The van der Waals surface area contributed by atoms with E-state index in [0.29, 0.717) is 47.1 Å². The molecule has 3 aromatic heterocycles. The van der Waals surface area contributed by atoms with Crippen molar-refractivity contribution >= 4 is 22.2 Å². The number of nitriles is 1. The van der Waals surface area contributed by atoms with Crippen molar-refractivity contribution in [3.8, 4) is 17.8 Å². The van der Waals surface area contributed by atoms with Gasteiger partial charge in [0.25, 0.3) is 0 Å². The molecule has 0 spiro atoms. The molecule has 0 amide bonds. The Hall–Kier alpha value is -4.32. The van der Waals surface area contributed by atoms with Crippen molar-refractivity contribution in [3.05, 3.63) is 71.7 Å². The van der Waals surface area contributed by atoms with Gasteiger partial charge in [-0.05, 0) is 50.2 Å². The van der Waals surface area contributed by atoms with Gasteiger partial charge in [-0.25, -0.2) is 19.3 Å². The van der Waals surface area contributed by atoms with Crippen LogP contribution in [0.5, 0.6) is 5.75 Å². The van der Waals surface area contributed by atoms with Crippen LogP contribution in [0.1, 0.15) is 23.9 Å². The summed E-state index contributed by atoms with van der Waals surface area (Å²) < 4.78 is 23.3. The van der Waals surface area contributed by atoms with Gasteiger partial charge in [-0.1, -0.05) is 0 Å². The van der Waals surface area contributed by atoms with Gasteiger partial charge in [-0.2, -0.15) is 10.2 Å². The summed E-state index contributed by atoms with van der Waals surface area (Å²) in [5.74, 6) is 1.41. The fourth-order valence-corrected chi connectivity index (χ4v) is 3.70. The maximum atomic E-state index is 14.0. The third-order valence-corrected chi connectivity index (χ3v) is 5.21. The Morgan fingerprint density at radius 1 is 1.09 bits per heavy atom. The summed E-state index contributed by atoms with van der Waals surface area (Å²) in [5, 5.41) is 9.24. The predicted molar refractivity (Wildman–Crippen MR) is 116 cm³/mol. The van der Waals surface area contributed by atoms with Gasteiger partial charge in [0.05, 0.1) is 42.0 Å². The first-order valence-electron chi connectivity index (χ1n) is 10.1. The molecular weight excluding hydrogens is 409 g/mol. The monoisotopic (exact) mass is 427 g/mol. The highest BCUT2D eigenvalue weighted by molar-refractivity contribution is 5.79. The predicted octanol–water partition coefficient (Wildman–Crippen LogP) is 3.93. The lowest BCUT2D eigenvalue weighted by atomic mass is 10.2. The van der Waals surface area contributed by atoms with Crippen molar-refractivity contribution < 1.29 is 9.13 Å². The molecule has 3 heterocycles. The summed E-state index contributed by atoms with van der Waals surface area (Å²) in [6.07, 6.45) is 3.27. The molecule has 0 atom stereocenters. The molecule has 0 radical (unpaired) electrons. The number of hydrogen-bond donors (Lipinski definition) is 0. The van der Waals surface area contributed by atoms with Crippen molar-refractivity contribution in [2.75, 3.05) is 6.61 Å². The van der Waals surface area contributed by atoms with Crippen molar-refractivity contribution in [2.24, 2.45) is 0 Å². The standard InChI is InChI=1S/C23H18FN7O/c1-3-32-21-7-5-17(24)9-16(21)12-30-14(2)28-19-11-26-23(29-22(19)30)31-13-27-18-6-4-15(10-25)8-20(18)31/h4-9,11,13H,3,12H2,1-2H3. The maximum Gasteiger partial charge on any atom is 0.237 e. The van der Waals surface area contributed by atoms with Gasteiger partial charge in [-0.15, -0.1) is 0 Å². The Morgan fingerprint density at radius 2 is 1.97 bits per heavy atom. The zero-order valence-corrected chi connectivity index (χ0v) is 17.4. The quantitative estimate of drug-likeness (QED) is 0.422. The van der Waals surface area contributed by atoms with Crippen LogP contribution in [0.2, 0.25) is 0 Å². The number of halogens is 1. The maximum absolute atomic E-state index is 14.0. The van der Waals surface area contributed by atoms with Crippen LogP contribution in [-0.4, -0.2) is 35.7 Å². The van der Waals surface area contributed by atoms with E-state index in [1.54, 1.807) is 41.4 Å². The Balaban J connectivity index is 1.63. The van der Waals surface area contributed by atoms with Gasteiger partial charge in [-0.3, -0.25) is 4.57 Å². The number of imidazole rings is 2. The highest BCUT2D eigenvalue weighted by atomic mass is 19.1. The van der Waals surface area contributed by atoms with E-state index in [1.165, 1.54) is 12.1 Å². The number of hydrogen-bond acceptors (Lipinski definition) is 6. The van der Waals surface area contributed by atoms with Gasteiger partial charge in [0, 0.05) is 5.56 Å². The second-order valence-corrected chi connectivity index (χ2v) is 7.24. The van der Waals surface area contributed by atoms with Crippen LogP contribution < -0.4 is 4.74 Å². The Kier molecular flexibility index (Phi) is 4.75. The number of fused-ring (bicyclic) bond motifs is 2. The zero-order valence-electron chi connectivity index (χ0n) is 17.4. The van der Waals surface area contributed by atoms with E-state index in [4.69, 9.17) is 9.72 Å². The zero-order chi connectivity index (χ0) is 22.2. The van der Waals surface area contributed by atoms with Crippen LogP contribution in [0.25, 0.3) is 28.1 Å². The third-order valence-electron chi connectivity index (χ3n) is 5.21. The Bertz CT molecular complexity index is 1510. The number of aryl methyl sites for hydroxylation is 1. The minimum absolute atomic E-state index is 0.334. The van der Waals surface area contributed by atoms with E-state index in [-0.39, 0.29) is 5.82 Å². The van der Waals surface area contributed by atoms with E-state index in [1.807, 2.05) is 18.4 Å². The lowest BCUT2D eigenvalue weighted by Gasteiger charge is -2.12. The summed E-state index contributed by atoms with van der Waals surface area (Å²) in [5.41, 5.74) is 3.92. The lowest BCUT2D eigenvalue weighted by molar-refractivity contribution is 0.335. The minimum atomic E-state index is -0.334. The summed E-state index contributed by atoms with van der Waals surface area (Å²) in [6.45, 7) is 4.58. The Labute approximate surface area is 182 Å². The first kappa shape index (κ1) is 19.6. The average molecular weight is 427 g/mol. The second-order valence-electron chi connectivity index (χ2n) is 7.24. The molecule has 9 heteroatoms. The normalized spacial score (nSPS) is 11.2. The topological polar surface area (TPSA) is 94.4 Å². The smallest absolute Gasteiger partial charge is 0.237 e. The fourth-order valence-electron chi connectivity index (χ4n) is 3.70. The number of nitrogens with zero attached hydrogens (tertiary/aromatic N) is 7. The first-order chi connectivity index (χ1) is 15.6. The molecule has 158 valence electrons. The largest absolute Gasteiger partial charge is 0.494 e. The van der Waals surface area contributed by atoms with Crippen molar-refractivity contribution in [3.63, 3.8) is 0 Å². The molecule has 0 bridgehead atoms. The lowest BCUT2D eigenvalue weighted by Crippen LogP contribution is -2.07. The molecule has 32 heavy (non-hydrogen) atoms. The highest BCUT2D eigenvalue weighted by Crippen LogP contribution is 2.25. The average Bonchev–Trinajstić information content (AvgIpc) is 3.35. The molecule has 0 aliphatic carbocycles. The van der Waals surface area contributed by atoms with E-state index in [2.05, 4.69) is 21.0 Å². The highest BCUT2D eigenvalue weighted by Gasteiger charge is 2.16. The summed E-state index contributed by atoms with van der Waals surface area (Å²) >= 11 is 0. The van der Waals surface area contributed by atoms with Gasteiger partial charge >= 0.3 is 0 Å². The van der Waals surface area contributed by atoms with Gasteiger partial charge in [0.2, 0.25) is 5.95 Å². The molecule has 5 rings (SSSR count). The molecule has 8 nitrogen and oxygen atoms in total. The van der Waals surface area contributed by atoms with Gasteiger partial charge < -0.3 is 9.30 Å². The SMILES string of the molecule is CCOc1ccc(F)cc1Cn1c(C)nc2cnc(-n3cnc4ccc(C#N)cc43)nc21. The molecule has 0 N–H and O–H groups in total. The number of benzene rings is 2. The van der Waals surface area contributed by atoms with Gasteiger partial charge in [0.15, 0.2) is 5.65 Å². The van der Waals surface area contributed by atoms with E-state index >= 15 is 0 Å². The van der Waals surface area contributed by atoms with Crippen molar-refractivity contribution in [1.82, 2.24) is 29.1 Å². The number of ether oxygens (including phenoxy) is 1. The van der Waals surface area contributed by atoms with Crippen molar-refractivity contribution in [1.29, 1.82) is 5.26 Å². The summed E-state index contributed by atoms with van der Waals surface area (Å²) in [6, 6.07) is 11.9. The minimum Gasteiger partial charge on any atom is -0.494 e. The molecule has 2 aromatic carbocycles. The van der Waals surface area contributed by atoms with Crippen LogP contribution in [-0.2, 0) is 6.54 Å². The molecular formula is C23H18FN7O. The molecule has 0 aliphatic heterocycles. The Morgan fingerprint density at radius 3 is 2.78 bits per heavy atom. The molecule has 5 aromatic rings. The van der Waals surface area contributed by atoms with Crippen LogP contribution in [0.15, 0.2) is 48.9 Å². The summed E-state index contributed by atoms with van der Waals surface area (Å²) in [7, 11) is 0. The summed E-state index contributed by atoms with van der Waals surface area (Å²) in [4.78, 5) is 18.1. The third kappa shape index (κ3) is 3.32. The number of rotatable bonds is 5. The molecule has 0 aliphatic rings. The second kappa shape index (κ2) is 7.74. The molecule has 0 saturated carbocycles. The number of aromatic nitrogens is 6. The van der Waals surface area contributed by atoms with Crippen LogP contribution >= 0.6 is 0 Å². The van der Waals surface area contributed by atoms with Crippen LogP contribution in [0, 0.1) is 24.1 Å². The van der Waals surface area contributed by atoms with Gasteiger partial charge in [0.1, 0.15) is 29.2 Å². The van der Waals surface area contributed by atoms with E-state index < -0.39 is 0 Å². The molecule has 0 fully saturated rings. The van der Waals surface area contributed by atoms with Crippen LogP contribution in [0.4, 0.5) is 4.39 Å². The first-order valence-corrected chi connectivity index (χ1v) is 10.1. The van der Waals surface area contributed by atoms with E-state index in [9.17, 15) is 9.65 Å². The van der Waals surface area contributed by atoms with Crippen LogP contribution in [0.3, 0.4) is 0 Å². The molecule has 0 saturated heterocycles. The van der Waals surface area contributed by atoms with E-state index in [0.717, 1.165) is 16.9 Å². The van der Waals surface area contributed by atoms with Crippen molar-refractivity contribution in [2.45, 2.75) is 20.4 Å². The fraction of sp³-hybridized carbons (Fsp3) is 0.174.